The topological polar surface area (TPSA) is 81.8 Å². The molecule has 6 nitrogen and oxygen atoms in total. The fraction of sp³-hybridized carbons (Fsp3) is 0.0909. The number of carbonyl (C=O) groups excluding carboxylic acids is 1. The van der Waals surface area contributed by atoms with Gasteiger partial charge in [-0.1, -0.05) is 60.7 Å². The summed E-state index contributed by atoms with van der Waals surface area (Å²) in [5.74, 6) is 0.171. The van der Waals surface area contributed by atoms with Crippen molar-refractivity contribution >= 4 is 17.4 Å². The zero-order chi connectivity index (χ0) is 19.5. The summed E-state index contributed by atoms with van der Waals surface area (Å²) in [5, 5.41) is 10.9. The molecule has 2 atom stereocenters. The Bertz CT molecular complexity index is 1030. The van der Waals surface area contributed by atoms with Gasteiger partial charge in [-0.3, -0.25) is 14.9 Å². The van der Waals surface area contributed by atoms with Crippen molar-refractivity contribution in [3.63, 3.8) is 0 Å². The average molecular weight is 372 g/mol. The number of ether oxygens (including phenoxy) is 1. The van der Waals surface area contributed by atoms with Crippen LogP contribution in [0.2, 0.25) is 0 Å². The number of hydrogen-bond donors (Lipinski definition) is 0. The zero-order valence-electron chi connectivity index (χ0n) is 14.8. The van der Waals surface area contributed by atoms with Gasteiger partial charge in [-0.15, -0.1) is 0 Å². The number of aliphatic imine (C=N–C) groups is 1. The number of rotatable bonds is 5. The summed E-state index contributed by atoms with van der Waals surface area (Å²) in [6.07, 6.45) is -0.556. The zero-order valence-corrected chi connectivity index (χ0v) is 14.8. The smallest absolute Gasteiger partial charge is 0.269 e. The summed E-state index contributed by atoms with van der Waals surface area (Å²) >= 11 is 0. The van der Waals surface area contributed by atoms with Crippen LogP contribution in [0.4, 0.5) is 5.69 Å². The Morgan fingerprint density at radius 1 is 0.893 bits per heavy atom. The van der Waals surface area contributed by atoms with Crippen LogP contribution >= 0.6 is 0 Å². The Morgan fingerprint density at radius 3 is 2.11 bits per heavy atom. The van der Waals surface area contributed by atoms with E-state index in [2.05, 4.69) is 4.99 Å². The predicted octanol–water partition coefficient (Wildman–Crippen LogP) is 4.36. The molecule has 0 radical (unpaired) electrons. The summed E-state index contributed by atoms with van der Waals surface area (Å²) in [7, 11) is 0. The van der Waals surface area contributed by atoms with E-state index < -0.39 is 17.1 Å². The number of ketones is 1. The van der Waals surface area contributed by atoms with Crippen molar-refractivity contribution < 1.29 is 14.5 Å². The van der Waals surface area contributed by atoms with Crippen molar-refractivity contribution in [3.8, 4) is 0 Å². The molecule has 0 fully saturated rings. The van der Waals surface area contributed by atoms with Gasteiger partial charge in [-0.2, -0.15) is 0 Å². The Labute approximate surface area is 161 Å². The highest BCUT2D eigenvalue weighted by Gasteiger charge is 2.38. The second-order valence-corrected chi connectivity index (χ2v) is 6.36. The van der Waals surface area contributed by atoms with Gasteiger partial charge in [-0.05, 0) is 17.7 Å². The van der Waals surface area contributed by atoms with Gasteiger partial charge in [0.05, 0.1) is 4.92 Å². The lowest BCUT2D eigenvalue weighted by molar-refractivity contribution is -0.384. The minimum absolute atomic E-state index is 0.0149. The minimum Gasteiger partial charge on any atom is -0.466 e. The van der Waals surface area contributed by atoms with Crippen LogP contribution in [0.5, 0.6) is 0 Å². The first kappa shape index (κ1) is 17.6. The van der Waals surface area contributed by atoms with Gasteiger partial charge in [-0.25, -0.2) is 4.99 Å². The molecule has 0 spiro atoms. The van der Waals surface area contributed by atoms with Gasteiger partial charge in [0.2, 0.25) is 5.90 Å². The van der Waals surface area contributed by atoms with E-state index in [9.17, 15) is 14.9 Å². The summed E-state index contributed by atoms with van der Waals surface area (Å²) in [6.45, 7) is 0. The number of hydrogen-bond acceptors (Lipinski definition) is 5. The summed E-state index contributed by atoms with van der Waals surface area (Å²) in [4.78, 5) is 28.0. The van der Waals surface area contributed by atoms with E-state index in [0.29, 0.717) is 17.0 Å². The van der Waals surface area contributed by atoms with Gasteiger partial charge in [0, 0.05) is 23.3 Å². The summed E-state index contributed by atoms with van der Waals surface area (Å²) < 4.78 is 6.05. The standard InChI is InChI=1S/C22H16N2O4/c25-20(15-7-3-1-4-8-15)19-21(16-9-5-2-6-10-16)28-22(23-19)17-11-13-18(14-12-17)24(26)27/h1-14,19,21H/t19-,21-/m1/s1. The molecule has 1 aliphatic heterocycles. The van der Waals surface area contributed by atoms with E-state index >= 15 is 0 Å². The maximum atomic E-state index is 13.1. The van der Waals surface area contributed by atoms with Crippen LogP contribution < -0.4 is 0 Å². The second kappa shape index (κ2) is 7.44. The highest BCUT2D eigenvalue weighted by atomic mass is 16.6. The van der Waals surface area contributed by atoms with Crippen LogP contribution in [-0.4, -0.2) is 22.6 Å². The number of nitro benzene ring substituents is 1. The van der Waals surface area contributed by atoms with Gasteiger partial charge in [0.25, 0.3) is 5.69 Å². The molecule has 3 aromatic rings. The highest BCUT2D eigenvalue weighted by Crippen LogP contribution is 2.33. The van der Waals surface area contributed by atoms with E-state index in [1.165, 1.54) is 12.1 Å². The van der Waals surface area contributed by atoms with E-state index in [1.54, 1.807) is 24.3 Å². The van der Waals surface area contributed by atoms with E-state index in [1.807, 2.05) is 48.5 Å². The molecule has 1 aliphatic rings. The highest BCUT2D eigenvalue weighted by molar-refractivity contribution is 6.05. The van der Waals surface area contributed by atoms with Crippen LogP contribution in [0.25, 0.3) is 0 Å². The van der Waals surface area contributed by atoms with E-state index in [0.717, 1.165) is 5.56 Å². The molecular formula is C22H16N2O4. The van der Waals surface area contributed by atoms with Crippen molar-refractivity contribution in [3.05, 3.63) is 112 Å². The van der Waals surface area contributed by atoms with E-state index in [-0.39, 0.29) is 11.5 Å². The molecule has 0 unspecified atom stereocenters. The quantitative estimate of drug-likeness (QED) is 0.378. The predicted molar refractivity (Wildman–Crippen MR) is 104 cm³/mol. The monoisotopic (exact) mass is 372 g/mol. The van der Waals surface area contributed by atoms with Crippen molar-refractivity contribution in [1.82, 2.24) is 0 Å². The van der Waals surface area contributed by atoms with Crippen LogP contribution in [0.15, 0.2) is 89.9 Å². The molecule has 138 valence electrons. The lowest BCUT2D eigenvalue weighted by Gasteiger charge is -2.17. The molecular weight excluding hydrogens is 356 g/mol. The maximum Gasteiger partial charge on any atom is 0.269 e. The molecule has 3 aromatic carbocycles. The fourth-order valence-corrected chi connectivity index (χ4v) is 3.14. The third-order valence-electron chi connectivity index (χ3n) is 4.56. The summed E-state index contributed by atoms with van der Waals surface area (Å²) in [5.41, 5.74) is 1.98. The molecule has 0 aliphatic carbocycles. The molecule has 0 aromatic heterocycles. The molecule has 0 amide bonds. The molecule has 1 heterocycles. The Kier molecular flexibility index (Phi) is 4.68. The first-order valence-corrected chi connectivity index (χ1v) is 8.77. The molecule has 0 saturated heterocycles. The first-order valence-electron chi connectivity index (χ1n) is 8.77. The number of carbonyl (C=O) groups is 1. The van der Waals surface area contributed by atoms with Crippen LogP contribution in [0.3, 0.4) is 0 Å². The van der Waals surface area contributed by atoms with Crippen molar-refractivity contribution in [2.24, 2.45) is 4.99 Å². The molecule has 28 heavy (non-hydrogen) atoms. The summed E-state index contributed by atoms with van der Waals surface area (Å²) in [6, 6.07) is 23.6. The largest absolute Gasteiger partial charge is 0.466 e. The SMILES string of the molecule is O=C(c1ccccc1)[C@H]1N=C(c2ccc([N+](=O)[O-])cc2)O[C@@H]1c1ccccc1. The van der Waals surface area contributed by atoms with Crippen LogP contribution in [0.1, 0.15) is 27.6 Å². The molecule has 6 heteroatoms. The second-order valence-electron chi connectivity index (χ2n) is 6.36. The van der Waals surface area contributed by atoms with Crippen LogP contribution in [-0.2, 0) is 4.74 Å². The van der Waals surface area contributed by atoms with Gasteiger partial charge < -0.3 is 4.74 Å². The lowest BCUT2D eigenvalue weighted by Crippen LogP contribution is -2.24. The number of nitro groups is 1. The fourth-order valence-electron chi connectivity index (χ4n) is 3.14. The van der Waals surface area contributed by atoms with E-state index in [4.69, 9.17) is 4.74 Å². The molecule has 0 saturated carbocycles. The lowest BCUT2D eigenvalue weighted by atomic mass is 9.96. The van der Waals surface area contributed by atoms with Gasteiger partial charge in [0.15, 0.2) is 17.9 Å². The van der Waals surface area contributed by atoms with Crippen molar-refractivity contribution in [1.29, 1.82) is 0 Å². The number of Topliss-reactive ketones (excluding diaryl/α,β-unsaturated/α-hetero) is 1. The van der Waals surface area contributed by atoms with Crippen LogP contribution in [0, 0.1) is 10.1 Å². The molecule has 0 N–H and O–H groups in total. The molecule has 4 rings (SSSR count). The normalized spacial score (nSPS) is 18.2. The van der Waals surface area contributed by atoms with Crippen molar-refractivity contribution in [2.45, 2.75) is 12.1 Å². The maximum absolute atomic E-state index is 13.1. The Hall–Kier alpha value is -3.80. The Balaban J connectivity index is 1.70. The third kappa shape index (κ3) is 3.40. The number of non-ortho nitro benzene ring substituents is 1. The number of benzene rings is 3. The van der Waals surface area contributed by atoms with Gasteiger partial charge >= 0.3 is 0 Å². The minimum atomic E-state index is -0.727. The number of nitrogens with zero attached hydrogens (tertiary/aromatic N) is 2. The van der Waals surface area contributed by atoms with Crippen molar-refractivity contribution in [2.75, 3.05) is 0 Å². The Morgan fingerprint density at radius 2 is 1.50 bits per heavy atom. The third-order valence-corrected chi connectivity index (χ3v) is 4.56. The van der Waals surface area contributed by atoms with Gasteiger partial charge in [0.1, 0.15) is 0 Å². The first-order chi connectivity index (χ1) is 13.6. The molecule has 0 bridgehead atoms. The average Bonchev–Trinajstić information content (AvgIpc) is 3.20.